The summed E-state index contributed by atoms with van der Waals surface area (Å²) in [6, 6.07) is 14.5. The molecule has 0 bridgehead atoms. The monoisotopic (exact) mass is 881 g/mol. The van der Waals surface area contributed by atoms with Gasteiger partial charge in [-0.15, -0.1) is 0 Å². The largest absolute Gasteiger partial charge is 0.492 e. The van der Waals surface area contributed by atoms with E-state index < -0.39 is 34.9 Å². The summed E-state index contributed by atoms with van der Waals surface area (Å²) in [5, 5.41) is 25.0. The highest BCUT2D eigenvalue weighted by Gasteiger charge is 2.60. The lowest BCUT2D eigenvalue weighted by Gasteiger charge is -2.44. The van der Waals surface area contributed by atoms with Crippen LogP contribution in [0.4, 0.5) is 35.9 Å². The van der Waals surface area contributed by atoms with E-state index in [1.165, 1.54) is 6.07 Å². The van der Waals surface area contributed by atoms with Gasteiger partial charge < -0.3 is 20.3 Å². The van der Waals surface area contributed by atoms with Crippen molar-refractivity contribution in [2.24, 2.45) is 0 Å². The number of Topliss-reactive ketones (excluding diaryl/α,β-unsaturated/α-hetero) is 2. The summed E-state index contributed by atoms with van der Waals surface area (Å²) >= 11 is 5.84. The zero-order valence-corrected chi connectivity index (χ0v) is 35.7. The van der Waals surface area contributed by atoms with Gasteiger partial charge in [0.25, 0.3) is 5.91 Å². The maximum Gasteiger partial charge on any atom is 0.419 e. The van der Waals surface area contributed by atoms with Crippen LogP contribution in [-0.4, -0.2) is 99.7 Å². The SMILES string of the molecule is C[C@@H]1CN(CCOc2ccc(N3C(=S)N(c4cnc(C#N)c(C(F)(F)F)c4)C(=O)C34CCC4)cc2C2CC2)C[C@H](C)N1CC(=O)Nc1cc(C#N)cc(NC2CCC(=O)CC2=O)c1. The van der Waals surface area contributed by atoms with Crippen molar-refractivity contribution in [1.29, 1.82) is 10.5 Å². The number of ketones is 2. The summed E-state index contributed by atoms with van der Waals surface area (Å²) in [5.41, 5.74) is -0.272. The number of thiocarbonyl (C=S) groups is 1. The third kappa shape index (κ3) is 8.85. The topological polar surface area (TPSA) is 175 Å². The lowest BCUT2D eigenvalue weighted by molar-refractivity contribution is -0.138. The Kier molecular flexibility index (Phi) is 12.0. The van der Waals surface area contributed by atoms with Gasteiger partial charge in [0.1, 0.15) is 29.7 Å². The van der Waals surface area contributed by atoms with Crippen LogP contribution in [0.5, 0.6) is 5.75 Å². The number of pyridine rings is 1. The number of ether oxygens (including phenoxy) is 1. The summed E-state index contributed by atoms with van der Waals surface area (Å²) in [7, 11) is 0. The predicted molar refractivity (Wildman–Crippen MR) is 230 cm³/mol. The van der Waals surface area contributed by atoms with Crippen LogP contribution in [0.15, 0.2) is 48.7 Å². The molecule has 3 aromatic rings. The lowest BCUT2D eigenvalue weighted by atomic mass is 9.75. The van der Waals surface area contributed by atoms with Gasteiger partial charge in [-0.3, -0.25) is 33.9 Å². The van der Waals surface area contributed by atoms with E-state index in [0.29, 0.717) is 74.6 Å². The Balaban J connectivity index is 0.885. The highest BCUT2D eigenvalue weighted by Crippen LogP contribution is 2.51. The molecule has 1 aromatic heterocycles. The molecule has 14 nitrogen and oxygen atoms in total. The van der Waals surface area contributed by atoms with Crippen molar-refractivity contribution < 1.29 is 37.1 Å². The molecule has 3 saturated carbocycles. The van der Waals surface area contributed by atoms with Gasteiger partial charge in [-0.25, -0.2) is 4.98 Å². The van der Waals surface area contributed by atoms with E-state index in [0.717, 1.165) is 47.7 Å². The second kappa shape index (κ2) is 17.3. The predicted octanol–water partition coefficient (Wildman–Crippen LogP) is 6.30. The minimum Gasteiger partial charge on any atom is -0.492 e. The van der Waals surface area contributed by atoms with Crippen molar-refractivity contribution >= 4 is 63.5 Å². The first-order valence-electron chi connectivity index (χ1n) is 21.2. The molecule has 3 heterocycles. The number of nitrogens with zero attached hydrogens (tertiary/aromatic N) is 7. The number of hydrogen-bond acceptors (Lipinski definition) is 12. The van der Waals surface area contributed by atoms with Crippen molar-refractivity contribution in [3.05, 3.63) is 71.0 Å². The Hall–Kier alpha value is -5.95. The molecule has 2 N–H and O–H groups in total. The standard InChI is InChI=1S/C45H46F3N9O5S/c1-26-23-54(24-27(2)55(26)25-41(60)53-31-15-28(20-49)14-30(16-31)52-37-8-7-34(58)19-39(37)59)12-13-62-40-9-6-32(17-35(40)29-4-5-29)57-43(63)56(42(61)44(57)10-3-11-44)33-18-36(45(46,47)48)38(21-50)51-22-33/h6,9,14-18,22,26-27,29,37,52H,3-5,7-8,10-13,19,23-25H2,1-2H3,(H,53,60)/t26-,27+,37?. The molecule has 18 heteroatoms. The average Bonchev–Trinajstić information content (AvgIpc) is 4.04. The summed E-state index contributed by atoms with van der Waals surface area (Å²) in [5.74, 6) is 0.0475. The highest BCUT2D eigenvalue weighted by atomic mass is 32.1. The van der Waals surface area contributed by atoms with Crippen LogP contribution in [-0.2, 0) is 25.4 Å². The zero-order chi connectivity index (χ0) is 44.8. The third-order valence-corrected chi connectivity index (χ3v) is 13.1. The number of aromatic nitrogens is 1. The second-order valence-electron chi connectivity index (χ2n) is 17.2. The molecule has 0 radical (unpaired) electrons. The van der Waals surface area contributed by atoms with Gasteiger partial charge in [-0.1, -0.05) is 0 Å². The molecule has 2 aromatic carbocycles. The van der Waals surface area contributed by atoms with E-state index in [1.54, 1.807) is 23.1 Å². The minimum atomic E-state index is -4.85. The van der Waals surface area contributed by atoms with Crippen molar-refractivity contribution in [2.75, 3.05) is 53.2 Å². The summed E-state index contributed by atoms with van der Waals surface area (Å²) < 4.78 is 48.1. The molecule has 5 fully saturated rings. The molecule has 3 atom stereocenters. The number of hydrogen-bond donors (Lipinski definition) is 2. The number of carbonyl (C=O) groups is 4. The third-order valence-electron chi connectivity index (χ3n) is 12.7. The summed E-state index contributed by atoms with van der Waals surface area (Å²) in [6.45, 7) is 6.71. The molecule has 1 spiro atoms. The number of benzene rings is 2. The first-order chi connectivity index (χ1) is 30.1. The highest BCUT2D eigenvalue weighted by molar-refractivity contribution is 7.81. The van der Waals surface area contributed by atoms with E-state index in [9.17, 15) is 42.9 Å². The van der Waals surface area contributed by atoms with Crippen molar-refractivity contribution in [1.82, 2.24) is 14.8 Å². The van der Waals surface area contributed by atoms with Crippen molar-refractivity contribution in [3.63, 3.8) is 0 Å². The van der Waals surface area contributed by atoms with Gasteiger partial charge in [0.2, 0.25) is 5.91 Å². The van der Waals surface area contributed by atoms with Crippen LogP contribution in [0.3, 0.4) is 0 Å². The Morgan fingerprint density at radius 3 is 2.35 bits per heavy atom. The number of piperazine rings is 1. The average molecular weight is 882 g/mol. The van der Waals surface area contributed by atoms with Crippen LogP contribution in [0.2, 0.25) is 0 Å². The number of carbonyl (C=O) groups excluding carboxylic acids is 4. The molecule has 1 unspecified atom stereocenters. The molecule has 5 aliphatic rings. The molecule has 2 aliphatic heterocycles. The van der Waals surface area contributed by atoms with Gasteiger partial charge >= 0.3 is 6.18 Å². The fraction of sp³-hybridized carbons (Fsp3) is 0.467. The Bertz CT molecular complexity index is 2450. The summed E-state index contributed by atoms with van der Waals surface area (Å²) in [4.78, 5) is 62.5. The number of alkyl halides is 3. The van der Waals surface area contributed by atoms with Crippen LogP contribution in [0.1, 0.15) is 93.5 Å². The van der Waals surface area contributed by atoms with Crippen LogP contribution >= 0.6 is 12.2 Å². The maximum absolute atomic E-state index is 14.1. The Morgan fingerprint density at radius 2 is 1.71 bits per heavy atom. The minimum absolute atomic E-state index is 0.0361. The molecular weight excluding hydrogens is 836 g/mol. The number of nitrogens with one attached hydrogen (secondary N) is 2. The fourth-order valence-electron chi connectivity index (χ4n) is 9.29. The number of anilines is 4. The number of halogens is 3. The van der Waals surface area contributed by atoms with Gasteiger partial charge in [0, 0.05) is 55.2 Å². The van der Waals surface area contributed by atoms with Crippen LogP contribution in [0, 0.1) is 22.7 Å². The van der Waals surface area contributed by atoms with Gasteiger partial charge in [-0.05, 0) is 119 Å². The second-order valence-corrected chi connectivity index (χ2v) is 17.6. The van der Waals surface area contributed by atoms with E-state index >= 15 is 0 Å². The molecule has 63 heavy (non-hydrogen) atoms. The molecule has 2 amide bonds. The number of amides is 2. The van der Waals surface area contributed by atoms with Gasteiger partial charge in [0.15, 0.2) is 16.6 Å². The number of rotatable bonds is 12. The normalized spacial score (nSPS) is 22.7. The van der Waals surface area contributed by atoms with Crippen LogP contribution < -0.4 is 25.2 Å². The molecule has 2 saturated heterocycles. The first kappa shape index (κ1) is 43.7. The quantitative estimate of drug-likeness (QED) is 0.153. The fourth-order valence-corrected chi connectivity index (χ4v) is 9.76. The van der Waals surface area contributed by atoms with Gasteiger partial charge in [0.05, 0.1) is 48.1 Å². The Morgan fingerprint density at radius 1 is 0.984 bits per heavy atom. The Labute approximate surface area is 367 Å². The van der Waals surface area contributed by atoms with Crippen molar-refractivity contribution in [3.8, 4) is 17.9 Å². The van der Waals surface area contributed by atoms with E-state index in [-0.39, 0.29) is 59.2 Å². The zero-order valence-electron chi connectivity index (χ0n) is 34.8. The smallest absolute Gasteiger partial charge is 0.419 e. The molecule has 3 aliphatic carbocycles. The number of nitriles is 2. The van der Waals surface area contributed by atoms with E-state index in [1.807, 2.05) is 18.2 Å². The molecular formula is C45H46F3N9O5S. The van der Waals surface area contributed by atoms with Gasteiger partial charge in [-0.2, -0.15) is 23.7 Å². The van der Waals surface area contributed by atoms with E-state index in [2.05, 4.69) is 45.3 Å². The first-order valence-corrected chi connectivity index (χ1v) is 21.6. The molecule has 328 valence electrons. The summed E-state index contributed by atoms with van der Waals surface area (Å²) in [6.07, 6.45) is 0.455. The lowest BCUT2D eigenvalue weighted by Crippen LogP contribution is -2.58. The van der Waals surface area contributed by atoms with Crippen molar-refractivity contribution in [2.45, 2.75) is 101 Å². The van der Waals surface area contributed by atoms with E-state index in [4.69, 9.17) is 17.0 Å². The maximum atomic E-state index is 14.1. The molecule has 8 rings (SSSR count). The van der Waals surface area contributed by atoms with Crippen LogP contribution in [0.25, 0.3) is 0 Å².